The van der Waals surface area contributed by atoms with E-state index in [1.54, 1.807) is 30.3 Å². The van der Waals surface area contributed by atoms with Crippen molar-refractivity contribution in [3.05, 3.63) is 66.1 Å². The minimum absolute atomic E-state index is 0.133. The predicted molar refractivity (Wildman–Crippen MR) is 107 cm³/mol. The fourth-order valence-electron chi connectivity index (χ4n) is 3.58. The van der Waals surface area contributed by atoms with E-state index in [0.717, 1.165) is 12.3 Å². The summed E-state index contributed by atoms with van der Waals surface area (Å²) in [6.45, 7) is 1.10. The van der Waals surface area contributed by atoms with Crippen molar-refractivity contribution in [1.29, 1.82) is 0 Å². The van der Waals surface area contributed by atoms with Crippen molar-refractivity contribution in [3.63, 3.8) is 0 Å². The lowest BCUT2D eigenvalue weighted by molar-refractivity contribution is -0.137. The molecule has 164 valence electrons. The normalized spacial score (nSPS) is 16.6. The number of pyridine rings is 1. The molecule has 0 N–H and O–H groups in total. The summed E-state index contributed by atoms with van der Waals surface area (Å²) in [5.41, 5.74) is -0.0522. The second-order valence-corrected chi connectivity index (χ2v) is 7.32. The highest BCUT2D eigenvalue weighted by atomic mass is 19.4. The molecule has 5 rings (SSSR count). The summed E-state index contributed by atoms with van der Waals surface area (Å²) in [5.74, 6) is 0.629. The fourth-order valence-corrected chi connectivity index (χ4v) is 3.58. The van der Waals surface area contributed by atoms with Gasteiger partial charge in [-0.25, -0.2) is 9.37 Å². The van der Waals surface area contributed by atoms with Crippen LogP contribution in [0.3, 0.4) is 0 Å². The highest BCUT2D eigenvalue weighted by Gasteiger charge is 2.31. The van der Waals surface area contributed by atoms with Gasteiger partial charge in [-0.2, -0.15) is 17.7 Å². The van der Waals surface area contributed by atoms with Gasteiger partial charge in [0.1, 0.15) is 17.7 Å². The summed E-state index contributed by atoms with van der Waals surface area (Å²) in [6.07, 6.45) is -3.30. The highest BCUT2D eigenvalue weighted by molar-refractivity contribution is 5.60. The van der Waals surface area contributed by atoms with Crippen LogP contribution >= 0.6 is 0 Å². The number of fused-ring (bicyclic) bond motifs is 1. The molecule has 0 aliphatic carbocycles. The third-order valence-corrected chi connectivity index (χ3v) is 5.18. The van der Waals surface area contributed by atoms with E-state index in [4.69, 9.17) is 4.74 Å². The number of aromatic nitrogens is 5. The second kappa shape index (κ2) is 7.74. The van der Waals surface area contributed by atoms with Gasteiger partial charge >= 0.3 is 6.18 Å². The molecule has 1 aliphatic rings. The SMILES string of the molecule is Fc1ccccc1-c1nnc2ccc(N3CCC(Oc4ccc(C(F)(F)F)cn4)C3)nn12. The lowest BCUT2D eigenvalue weighted by atomic mass is 10.2. The van der Waals surface area contributed by atoms with Crippen molar-refractivity contribution in [2.75, 3.05) is 18.0 Å². The molecule has 0 spiro atoms. The van der Waals surface area contributed by atoms with Gasteiger partial charge in [0.25, 0.3) is 0 Å². The minimum Gasteiger partial charge on any atom is -0.472 e. The Labute approximate surface area is 179 Å². The standard InChI is InChI=1S/C21H16F4N6O/c22-16-4-2-1-3-15(16)20-28-27-17-6-7-18(29-31(17)20)30-10-9-14(12-30)32-19-8-5-13(11-26-19)21(23,24)25/h1-8,11,14H,9-10,12H2. The summed E-state index contributed by atoms with van der Waals surface area (Å²) >= 11 is 0. The predicted octanol–water partition coefficient (Wildman–Crippen LogP) is 4.00. The Hall–Kier alpha value is -3.76. The van der Waals surface area contributed by atoms with E-state index in [1.165, 1.54) is 16.6 Å². The van der Waals surface area contributed by atoms with Gasteiger partial charge in [0.2, 0.25) is 5.88 Å². The van der Waals surface area contributed by atoms with Gasteiger partial charge in [0, 0.05) is 25.2 Å². The molecular weight excluding hydrogens is 428 g/mol. The molecule has 3 aromatic heterocycles. The first kappa shape index (κ1) is 20.2. The molecule has 0 saturated carbocycles. The molecule has 4 aromatic rings. The Morgan fingerprint density at radius 1 is 1.00 bits per heavy atom. The molecule has 32 heavy (non-hydrogen) atoms. The molecule has 1 aliphatic heterocycles. The van der Waals surface area contributed by atoms with E-state index < -0.39 is 17.6 Å². The summed E-state index contributed by atoms with van der Waals surface area (Å²) in [7, 11) is 0. The van der Waals surface area contributed by atoms with E-state index >= 15 is 0 Å². The molecule has 7 nitrogen and oxygen atoms in total. The van der Waals surface area contributed by atoms with Crippen molar-refractivity contribution in [1.82, 2.24) is 24.8 Å². The maximum absolute atomic E-state index is 14.2. The molecule has 4 heterocycles. The molecular formula is C21H16F4N6O. The maximum atomic E-state index is 14.2. The zero-order valence-corrected chi connectivity index (χ0v) is 16.5. The van der Waals surface area contributed by atoms with Crippen molar-refractivity contribution in [2.24, 2.45) is 0 Å². The van der Waals surface area contributed by atoms with Gasteiger partial charge < -0.3 is 9.64 Å². The van der Waals surface area contributed by atoms with Gasteiger partial charge in [-0.05, 0) is 30.3 Å². The Balaban J connectivity index is 1.33. The third kappa shape index (κ3) is 3.81. The van der Waals surface area contributed by atoms with Crippen LogP contribution in [0.5, 0.6) is 5.88 Å². The van der Waals surface area contributed by atoms with Crippen molar-refractivity contribution in [3.8, 4) is 17.3 Å². The number of rotatable bonds is 4. The molecule has 11 heteroatoms. The van der Waals surface area contributed by atoms with Crippen molar-refractivity contribution in [2.45, 2.75) is 18.7 Å². The summed E-state index contributed by atoms with van der Waals surface area (Å²) < 4.78 is 59.5. The molecule has 0 bridgehead atoms. The zero-order chi connectivity index (χ0) is 22.3. The average molecular weight is 444 g/mol. The van der Waals surface area contributed by atoms with Crippen LogP contribution in [0.25, 0.3) is 17.0 Å². The summed E-state index contributed by atoms with van der Waals surface area (Å²) in [4.78, 5) is 5.73. The Kier molecular flexibility index (Phi) is 4.87. The van der Waals surface area contributed by atoms with Crippen molar-refractivity contribution < 1.29 is 22.3 Å². The average Bonchev–Trinajstić information content (AvgIpc) is 3.40. The van der Waals surface area contributed by atoms with E-state index in [2.05, 4.69) is 20.3 Å². The maximum Gasteiger partial charge on any atom is 0.417 e. The van der Waals surface area contributed by atoms with E-state index in [0.29, 0.717) is 42.4 Å². The van der Waals surface area contributed by atoms with E-state index in [-0.39, 0.29) is 12.0 Å². The molecule has 1 saturated heterocycles. The van der Waals surface area contributed by atoms with Crippen LogP contribution in [0, 0.1) is 5.82 Å². The largest absolute Gasteiger partial charge is 0.472 e. The van der Waals surface area contributed by atoms with Crippen LogP contribution in [-0.2, 0) is 6.18 Å². The lowest BCUT2D eigenvalue weighted by Crippen LogP contribution is -2.26. The Morgan fingerprint density at radius 2 is 1.84 bits per heavy atom. The molecule has 1 aromatic carbocycles. The number of anilines is 1. The lowest BCUT2D eigenvalue weighted by Gasteiger charge is -2.18. The number of ether oxygens (including phenoxy) is 1. The smallest absolute Gasteiger partial charge is 0.417 e. The quantitative estimate of drug-likeness (QED) is 0.444. The van der Waals surface area contributed by atoms with Gasteiger partial charge in [0.05, 0.1) is 17.7 Å². The molecule has 0 amide bonds. The molecule has 1 atom stereocenters. The van der Waals surface area contributed by atoms with Crippen LogP contribution in [0.4, 0.5) is 23.4 Å². The molecule has 1 fully saturated rings. The summed E-state index contributed by atoms with van der Waals surface area (Å²) in [5, 5.41) is 12.7. The first-order chi connectivity index (χ1) is 15.4. The zero-order valence-electron chi connectivity index (χ0n) is 16.5. The van der Waals surface area contributed by atoms with Crippen LogP contribution in [0.15, 0.2) is 54.7 Å². The highest BCUT2D eigenvalue weighted by Crippen LogP contribution is 2.30. The van der Waals surface area contributed by atoms with Gasteiger partial charge in [-0.1, -0.05) is 12.1 Å². The molecule has 1 unspecified atom stereocenters. The third-order valence-electron chi connectivity index (χ3n) is 5.18. The topological polar surface area (TPSA) is 68.4 Å². The summed E-state index contributed by atoms with van der Waals surface area (Å²) in [6, 6.07) is 11.9. The van der Waals surface area contributed by atoms with E-state index in [9.17, 15) is 17.6 Å². The number of hydrogen-bond donors (Lipinski definition) is 0. The minimum atomic E-state index is -4.44. The second-order valence-electron chi connectivity index (χ2n) is 7.32. The van der Waals surface area contributed by atoms with Crippen LogP contribution in [0.2, 0.25) is 0 Å². The number of benzene rings is 1. The van der Waals surface area contributed by atoms with Gasteiger partial charge in [0.15, 0.2) is 11.5 Å². The van der Waals surface area contributed by atoms with Crippen LogP contribution in [0.1, 0.15) is 12.0 Å². The molecule has 0 radical (unpaired) electrons. The number of hydrogen-bond acceptors (Lipinski definition) is 6. The van der Waals surface area contributed by atoms with Gasteiger partial charge in [-0.3, -0.25) is 0 Å². The first-order valence-corrected chi connectivity index (χ1v) is 9.81. The Bertz CT molecular complexity index is 1260. The fraction of sp³-hybridized carbons (Fsp3) is 0.238. The van der Waals surface area contributed by atoms with Crippen LogP contribution in [-0.4, -0.2) is 44.0 Å². The number of nitrogens with zero attached hydrogens (tertiary/aromatic N) is 6. The van der Waals surface area contributed by atoms with Gasteiger partial charge in [-0.15, -0.1) is 15.3 Å². The Morgan fingerprint density at radius 3 is 2.59 bits per heavy atom. The number of alkyl halides is 3. The first-order valence-electron chi connectivity index (χ1n) is 9.81. The monoisotopic (exact) mass is 444 g/mol. The van der Waals surface area contributed by atoms with Crippen LogP contribution < -0.4 is 9.64 Å². The van der Waals surface area contributed by atoms with E-state index in [1.807, 2.05) is 4.90 Å². The number of halogens is 4. The van der Waals surface area contributed by atoms with Crippen molar-refractivity contribution >= 4 is 11.5 Å².